The third-order valence-electron chi connectivity index (χ3n) is 2.03. The summed E-state index contributed by atoms with van der Waals surface area (Å²) in [4.78, 5) is 0. The quantitative estimate of drug-likeness (QED) is 0.530. The zero-order valence-corrected chi connectivity index (χ0v) is 10.3. The Hall–Kier alpha value is 0.0969. The molecule has 1 N–H and O–H groups in total. The molecule has 4 heteroatoms. The molecule has 0 saturated carbocycles. The van der Waals surface area contributed by atoms with Gasteiger partial charge in [0.2, 0.25) is 0 Å². The van der Waals surface area contributed by atoms with Crippen LogP contribution in [0, 0.1) is 0 Å². The monoisotopic (exact) mass is 206 g/mol. The molecule has 2 atom stereocenters. The van der Waals surface area contributed by atoms with E-state index >= 15 is 0 Å². The fraction of sp³-hybridized carbons (Fsp3) is 1.00. The highest BCUT2D eigenvalue weighted by Gasteiger charge is 2.26. The van der Waals surface area contributed by atoms with Crippen molar-refractivity contribution in [1.29, 1.82) is 0 Å². The van der Waals surface area contributed by atoms with Crippen molar-refractivity contribution in [3.63, 3.8) is 0 Å². The van der Waals surface area contributed by atoms with Gasteiger partial charge in [0.25, 0.3) is 0 Å². The second kappa shape index (κ2) is 5.75. The summed E-state index contributed by atoms with van der Waals surface area (Å²) in [5, 5.41) is 9.80. The van der Waals surface area contributed by atoms with Crippen LogP contribution in [0.15, 0.2) is 0 Å². The van der Waals surface area contributed by atoms with Gasteiger partial charge in [0.05, 0.1) is 14.2 Å². The molecular weight excluding hydrogens is 184 g/mol. The molecule has 0 aromatic heterocycles. The predicted molar refractivity (Wildman–Crippen MR) is 56.4 cm³/mol. The molecule has 0 aromatic carbocycles. The van der Waals surface area contributed by atoms with Gasteiger partial charge in [-0.1, -0.05) is 19.6 Å². The van der Waals surface area contributed by atoms with Gasteiger partial charge in [-0.05, 0) is 13.3 Å². The van der Waals surface area contributed by atoms with Gasteiger partial charge < -0.3 is 14.6 Å². The molecule has 80 valence electrons. The maximum Gasteiger partial charge on any atom is 0.146 e. The Balaban J connectivity index is 3.71. The summed E-state index contributed by atoms with van der Waals surface area (Å²) in [6.45, 7) is 8.73. The summed E-state index contributed by atoms with van der Waals surface area (Å²) in [7, 11) is 0.171. The van der Waals surface area contributed by atoms with Crippen LogP contribution in [0.5, 0.6) is 0 Å². The fourth-order valence-corrected chi connectivity index (χ4v) is 1.96. The third-order valence-corrected chi connectivity index (χ3v) is 4.26. The predicted octanol–water partition coefficient (Wildman–Crippen LogP) is 1.62. The molecule has 0 aromatic rings. The van der Waals surface area contributed by atoms with E-state index in [9.17, 15) is 5.11 Å². The number of rotatable bonds is 6. The smallest absolute Gasteiger partial charge is 0.146 e. The Morgan fingerprint density at radius 3 is 2.23 bits per heavy atom. The summed E-state index contributed by atoms with van der Waals surface area (Å²) in [5.41, 5.74) is -0.195. The molecule has 0 spiro atoms. The van der Waals surface area contributed by atoms with Crippen LogP contribution in [-0.2, 0) is 9.47 Å². The van der Waals surface area contributed by atoms with Crippen LogP contribution in [0.1, 0.15) is 13.3 Å². The molecule has 0 unspecified atom stereocenters. The lowest BCUT2D eigenvalue weighted by Crippen LogP contribution is -2.40. The molecule has 0 heterocycles. The van der Waals surface area contributed by atoms with Gasteiger partial charge in [-0.15, -0.1) is 0 Å². The maximum atomic E-state index is 9.80. The van der Waals surface area contributed by atoms with Gasteiger partial charge in [-0.2, -0.15) is 0 Å². The van der Waals surface area contributed by atoms with E-state index in [2.05, 4.69) is 19.6 Å². The van der Waals surface area contributed by atoms with Crippen LogP contribution in [-0.4, -0.2) is 38.9 Å². The van der Waals surface area contributed by atoms with E-state index in [4.69, 9.17) is 9.47 Å². The SMILES string of the molecule is COCO[C@@H](C)C[C@@H](O)[Si](C)(C)C. The number of aliphatic hydroxyl groups excluding tert-OH is 1. The topological polar surface area (TPSA) is 38.7 Å². The largest absolute Gasteiger partial charge is 0.396 e. The second-order valence-corrected chi connectivity index (χ2v) is 9.90. The highest BCUT2D eigenvalue weighted by Crippen LogP contribution is 2.14. The van der Waals surface area contributed by atoms with E-state index in [0.717, 1.165) is 0 Å². The summed E-state index contributed by atoms with van der Waals surface area (Å²) in [5.74, 6) is 0. The van der Waals surface area contributed by atoms with Gasteiger partial charge in [-0.25, -0.2) is 0 Å². The van der Waals surface area contributed by atoms with E-state index < -0.39 is 8.07 Å². The lowest BCUT2D eigenvalue weighted by molar-refractivity contribution is -0.0732. The van der Waals surface area contributed by atoms with E-state index in [1.165, 1.54) is 0 Å². The second-order valence-electron chi connectivity index (χ2n) is 4.50. The highest BCUT2D eigenvalue weighted by molar-refractivity contribution is 6.77. The number of methoxy groups -OCH3 is 1. The summed E-state index contributed by atoms with van der Waals surface area (Å²) < 4.78 is 10.1. The van der Waals surface area contributed by atoms with Crippen molar-refractivity contribution in [3.05, 3.63) is 0 Å². The maximum absolute atomic E-state index is 9.80. The van der Waals surface area contributed by atoms with E-state index in [-0.39, 0.29) is 11.8 Å². The van der Waals surface area contributed by atoms with Crippen LogP contribution < -0.4 is 0 Å². The van der Waals surface area contributed by atoms with Gasteiger partial charge in [-0.3, -0.25) is 0 Å². The van der Waals surface area contributed by atoms with Crippen LogP contribution in [0.25, 0.3) is 0 Å². The Morgan fingerprint density at radius 1 is 1.31 bits per heavy atom. The van der Waals surface area contributed by atoms with Crippen molar-refractivity contribution in [2.75, 3.05) is 13.9 Å². The van der Waals surface area contributed by atoms with Gasteiger partial charge >= 0.3 is 0 Å². The van der Waals surface area contributed by atoms with Crippen molar-refractivity contribution in [1.82, 2.24) is 0 Å². The molecule has 0 rings (SSSR count). The Morgan fingerprint density at radius 2 is 1.85 bits per heavy atom. The van der Waals surface area contributed by atoms with Crippen molar-refractivity contribution in [2.24, 2.45) is 0 Å². The van der Waals surface area contributed by atoms with Crippen molar-refractivity contribution in [2.45, 2.75) is 44.8 Å². The summed E-state index contributed by atoms with van der Waals surface area (Å²) in [6, 6.07) is 0. The van der Waals surface area contributed by atoms with Crippen molar-refractivity contribution < 1.29 is 14.6 Å². The van der Waals surface area contributed by atoms with Crippen LogP contribution >= 0.6 is 0 Å². The fourth-order valence-electron chi connectivity index (χ4n) is 0.920. The minimum Gasteiger partial charge on any atom is -0.396 e. The molecule has 0 aliphatic rings. The molecule has 0 radical (unpaired) electrons. The first-order valence-electron chi connectivity index (χ1n) is 4.66. The average Bonchev–Trinajstić information content (AvgIpc) is 1.99. The molecule has 0 fully saturated rings. The molecule has 0 amide bonds. The van der Waals surface area contributed by atoms with Crippen LogP contribution in [0.2, 0.25) is 19.6 Å². The number of ether oxygens (including phenoxy) is 2. The molecule has 0 aliphatic carbocycles. The molecule has 0 bridgehead atoms. The molecular formula is C9H22O3Si. The van der Waals surface area contributed by atoms with Crippen LogP contribution in [0.3, 0.4) is 0 Å². The van der Waals surface area contributed by atoms with Crippen molar-refractivity contribution in [3.8, 4) is 0 Å². The number of hydrogen-bond donors (Lipinski definition) is 1. The normalized spacial score (nSPS) is 17.1. The molecule has 13 heavy (non-hydrogen) atoms. The summed E-state index contributed by atoms with van der Waals surface area (Å²) in [6.07, 6.45) is 0.778. The molecule has 0 saturated heterocycles. The highest BCUT2D eigenvalue weighted by atomic mass is 28.3. The van der Waals surface area contributed by atoms with Crippen LogP contribution in [0.4, 0.5) is 0 Å². The first-order chi connectivity index (χ1) is 5.88. The molecule has 3 nitrogen and oxygen atoms in total. The van der Waals surface area contributed by atoms with Crippen molar-refractivity contribution >= 4 is 8.07 Å². The minimum absolute atomic E-state index is 0.0710. The Bertz CT molecular complexity index is 133. The lowest BCUT2D eigenvalue weighted by Gasteiger charge is -2.26. The van der Waals surface area contributed by atoms with E-state index in [1.807, 2.05) is 6.92 Å². The number of aliphatic hydroxyl groups is 1. The van der Waals surface area contributed by atoms with Gasteiger partial charge in [0.1, 0.15) is 6.79 Å². The molecule has 0 aliphatic heterocycles. The zero-order valence-electron chi connectivity index (χ0n) is 9.33. The van der Waals surface area contributed by atoms with Gasteiger partial charge in [0, 0.05) is 12.8 Å². The first kappa shape index (κ1) is 13.1. The third kappa shape index (κ3) is 6.21. The Kier molecular flexibility index (Phi) is 5.79. The minimum atomic E-state index is -1.43. The lowest BCUT2D eigenvalue weighted by atomic mass is 10.3. The van der Waals surface area contributed by atoms with Gasteiger partial charge in [0.15, 0.2) is 0 Å². The standard InChI is InChI=1S/C9H22O3Si/c1-8(12-7-11-2)6-9(10)13(3,4)5/h8-10H,6-7H2,1-5H3/t8-,9-/m0/s1. The zero-order chi connectivity index (χ0) is 10.5. The summed E-state index contributed by atoms with van der Waals surface area (Å²) >= 11 is 0. The number of hydrogen-bond acceptors (Lipinski definition) is 3. The van der Waals surface area contributed by atoms with E-state index in [1.54, 1.807) is 7.11 Å². The first-order valence-corrected chi connectivity index (χ1v) is 8.24. The van der Waals surface area contributed by atoms with E-state index in [0.29, 0.717) is 13.2 Å². The average molecular weight is 206 g/mol. The Labute approximate surface area is 82.1 Å².